The first-order chi connectivity index (χ1) is 6.62. The zero-order chi connectivity index (χ0) is 10.2. The number of aromatic nitrogens is 2. The van der Waals surface area contributed by atoms with Crippen LogP contribution in [0.15, 0.2) is 0 Å². The largest absolute Gasteiger partial charge is 0.381 e. The van der Waals surface area contributed by atoms with Crippen molar-refractivity contribution in [1.29, 1.82) is 0 Å². The van der Waals surface area contributed by atoms with Crippen molar-refractivity contribution in [3.8, 4) is 0 Å². The zero-order valence-corrected chi connectivity index (χ0v) is 9.24. The van der Waals surface area contributed by atoms with Crippen LogP contribution < -0.4 is 11.5 Å². The van der Waals surface area contributed by atoms with Crippen LogP contribution in [0.25, 0.3) is 0 Å². The molecule has 0 atom stereocenters. The topological polar surface area (TPSA) is 79.1 Å². The highest BCUT2D eigenvalue weighted by Gasteiger charge is 2.32. The Morgan fingerprint density at radius 2 is 2.14 bits per heavy atom. The molecule has 0 radical (unpaired) electrons. The third-order valence-corrected chi connectivity index (χ3v) is 3.41. The molecule has 0 bridgehead atoms. The number of nitrogen functional groups attached to an aromatic ring is 1. The molecule has 7 heteroatoms. The van der Waals surface area contributed by atoms with Crippen LogP contribution in [0.2, 0.25) is 0 Å². The van der Waals surface area contributed by atoms with Gasteiger partial charge in [0.1, 0.15) is 5.66 Å². The van der Waals surface area contributed by atoms with E-state index >= 15 is 0 Å². The quantitative estimate of drug-likeness (QED) is 0.696. The Balaban J connectivity index is 2.37. The molecule has 1 aliphatic heterocycles. The van der Waals surface area contributed by atoms with Crippen molar-refractivity contribution >= 4 is 28.7 Å². The van der Waals surface area contributed by atoms with Crippen LogP contribution >= 0.6 is 23.6 Å². The summed E-state index contributed by atoms with van der Waals surface area (Å²) in [6, 6.07) is 0. The van der Waals surface area contributed by atoms with E-state index in [0.717, 1.165) is 12.8 Å². The average molecular weight is 232 g/mol. The first-order valence-electron chi connectivity index (χ1n) is 4.35. The fourth-order valence-corrected chi connectivity index (χ4v) is 2.60. The zero-order valence-electron chi connectivity index (χ0n) is 7.60. The molecule has 1 saturated heterocycles. The van der Waals surface area contributed by atoms with E-state index in [9.17, 15) is 0 Å². The number of nitrogens with zero attached hydrogens (tertiary/aromatic N) is 2. The predicted octanol–water partition coefficient (Wildman–Crippen LogP) is 0.678. The lowest BCUT2D eigenvalue weighted by Crippen LogP contribution is -2.48. The third kappa shape index (κ3) is 1.68. The highest BCUT2D eigenvalue weighted by Crippen LogP contribution is 2.25. The van der Waals surface area contributed by atoms with Crippen LogP contribution in [-0.4, -0.2) is 23.0 Å². The van der Waals surface area contributed by atoms with Crippen molar-refractivity contribution in [1.82, 2.24) is 9.78 Å². The SMILES string of the molecule is Nc1nn(C2(N)CCOCC2)c(=S)s1. The van der Waals surface area contributed by atoms with Gasteiger partial charge in [-0.1, -0.05) is 11.3 Å². The number of ether oxygens (including phenoxy) is 1. The molecule has 5 nitrogen and oxygen atoms in total. The molecule has 1 aromatic heterocycles. The van der Waals surface area contributed by atoms with Crippen LogP contribution in [0, 0.1) is 3.95 Å². The summed E-state index contributed by atoms with van der Waals surface area (Å²) in [7, 11) is 0. The molecule has 2 heterocycles. The summed E-state index contributed by atoms with van der Waals surface area (Å²) in [6.07, 6.45) is 1.45. The molecule has 1 fully saturated rings. The second-order valence-corrected chi connectivity index (χ2v) is 4.99. The summed E-state index contributed by atoms with van der Waals surface area (Å²) in [6.45, 7) is 1.30. The van der Waals surface area contributed by atoms with Crippen LogP contribution in [-0.2, 0) is 10.4 Å². The van der Waals surface area contributed by atoms with Gasteiger partial charge in [0.05, 0.1) is 13.2 Å². The molecule has 0 aliphatic carbocycles. The molecule has 0 aromatic carbocycles. The first-order valence-corrected chi connectivity index (χ1v) is 5.57. The van der Waals surface area contributed by atoms with Gasteiger partial charge in [0.2, 0.25) is 5.13 Å². The molecular weight excluding hydrogens is 220 g/mol. The minimum Gasteiger partial charge on any atom is -0.381 e. The Morgan fingerprint density at radius 1 is 1.50 bits per heavy atom. The lowest BCUT2D eigenvalue weighted by molar-refractivity contribution is 0.0177. The monoisotopic (exact) mass is 232 g/mol. The summed E-state index contributed by atoms with van der Waals surface area (Å²) in [5.41, 5.74) is 11.3. The maximum absolute atomic E-state index is 6.20. The van der Waals surface area contributed by atoms with Gasteiger partial charge in [-0.3, -0.25) is 0 Å². The minimum atomic E-state index is -0.510. The van der Waals surface area contributed by atoms with Crippen LogP contribution in [0.1, 0.15) is 12.8 Å². The van der Waals surface area contributed by atoms with E-state index in [1.165, 1.54) is 11.3 Å². The van der Waals surface area contributed by atoms with Gasteiger partial charge >= 0.3 is 0 Å². The fourth-order valence-electron chi connectivity index (χ4n) is 1.51. The molecular formula is C7H12N4OS2. The highest BCUT2D eigenvalue weighted by molar-refractivity contribution is 7.73. The van der Waals surface area contributed by atoms with E-state index in [2.05, 4.69) is 5.10 Å². The third-order valence-electron chi connectivity index (χ3n) is 2.34. The highest BCUT2D eigenvalue weighted by atomic mass is 32.1. The average Bonchev–Trinajstić information content (AvgIpc) is 2.47. The second-order valence-electron chi connectivity index (χ2n) is 3.33. The molecule has 0 spiro atoms. The van der Waals surface area contributed by atoms with E-state index in [0.29, 0.717) is 22.3 Å². The van der Waals surface area contributed by atoms with Gasteiger partial charge in [0, 0.05) is 12.8 Å². The van der Waals surface area contributed by atoms with Gasteiger partial charge in [0.25, 0.3) is 0 Å². The van der Waals surface area contributed by atoms with Gasteiger partial charge in [-0.05, 0) is 12.2 Å². The van der Waals surface area contributed by atoms with Crippen molar-refractivity contribution < 1.29 is 4.74 Å². The van der Waals surface area contributed by atoms with Gasteiger partial charge in [-0.2, -0.15) is 0 Å². The number of nitrogens with two attached hydrogens (primary N) is 2. The first kappa shape index (κ1) is 10.0. The molecule has 14 heavy (non-hydrogen) atoms. The van der Waals surface area contributed by atoms with Crippen molar-refractivity contribution in [3.63, 3.8) is 0 Å². The van der Waals surface area contributed by atoms with Gasteiger partial charge < -0.3 is 16.2 Å². The molecule has 4 N–H and O–H groups in total. The van der Waals surface area contributed by atoms with Gasteiger partial charge in [0.15, 0.2) is 3.95 Å². The van der Waals surface area contributed by atoms with Crippen molar-refractivity contribution in [2.24, 2.45) is 5.73 Å². The lowest BCUT2D eigenvalue weighted by Gasteiger charge is -2.33. The number of rotatable bonds is 1. The fraction of sp³-hybridized carbons (Fsp3) is 0.714. The minimum absolute atomic E-state index is 0.464. The molecule has 1 aromatic rings. The molecule has 1 aliphatic rings. The standard InChI is InChI=1S/C7H12N4OS2/c8-5-10-11(6(13)14-5)7(9)1-3-12-4-2-7/h1-4,9H2,(H2,8,10). The second kappa shape index (κ2) is 3.58. The molecule has 78 valence electrons. The van der Waals surface area contributed by atoms with Crippen LogP contribution in [0.5, 0.6) is 0 Å². The van der Waals surface area contributed by atoms with Crippen molar-refractivity contribution in [2.45, 2.75) is 18.5 Å². The Kier molecular flexibility index (Phi) is 2.56. The smallest absolute Gasteiger partial charge is 0.202 e. The van der Waals surface area contributed by atoms with Gasteiger partial charge in [-0.15, -0.1) is 5.10 Å². The number of hydrogen-bond donors (Lipinski definition) is 2. The van der Waals surface area contributed by atoms with E-state index < -0.39 is 5.66 Å². The summed E-state index contributed by atoms with van der Waals surface area (Å²) in [4.78, 5) is 0. The van der Waals surface area contributed by atoms with E-state index in [4.69, 9.17) is 28.4 Å². The Morgan fingerprint density at radius 3 is 2.64 bits per heavy atom. The van der Waals surface area contributed by atoms with Crippen LogP contribution in [0.3, 0.4) is 0 Å². The molecule has 0 amide bonds. The number of anilines is 1. The normalized spacial score (nSPS) is 20.9. The Labute approximate surface area is 90.7 Å². The molecule has 0 unspecified atom stereocenters. The van der Waals surface area contributed by atoms with E-state index in [-0.39, 0.29) is 0 Å². The summed E-state index contributed by atoms with van der Waals surface area (Å²) in [5, 5.41) is 4.60. The summed E-state index contributed by atoms with van der Waals surface area (Å²) in [5.74, 6) is 0. The van der Waals surface area contributed by atoms with E-state index in [1.807, 2.05) is 0 Å². The lowest BCUT2D eigenvalue weighted by atomic mass is 10.0. The van der Waals surface area contributed by atoms with Crippen molar-refractivity contribution in [3.05, 3.63) is 3.95 Å². The predicted molar refractivity (Wildman–Crippen MR) is 57.6 cm³/mol. The van der Waals surface area contributed by atoms with E-state index in [1.54, 1.807) is 4.68 Å². The van der Waals surface area contributed by atoms with Crippen molar-refractivity contribution in [2.75, 3.05) is 18.9 Å². The van der Waals surface area contributed by atoms with Gasteiger partial charge in [-0.25, -0.2) is 4.68 Å². The maximum atomic E-state index is 6.20. The van der Waals surface area contributed by atoms with Crippen LogP contribution in [0.4, 0.5) is 5.13 Å². The molecule has 0 saturated carbocycles. The Bertz CT molecular complexity index is 379. The molecule has 2 rings (SSSR count). The maximum Gasteiger partial charge on any atom is 0.202 e. The Hall–Kier alpha value is -0.500. The number of hydrogen-bond acceptors (Lipinski definition) is 6. The summed E-state index contributed by atoms with van der Waals surface area (Å²) < 4.78 is 7.54. The summed E-state index contributed by atoms with van der Waals surface area (Å²) >= 11 is 6.43.